The number of urea groups is 2. The van der Waals surface area contributed by atoms with Gasteiger partial charge in [-0.15, -0.1) is 6.42 Å². The van der Waals surface area contributed by atoms with Gasteiger partial charge < -0.3 is 39.4 Å². The zero-order valence-electron chi connectivity index (χ0n) is 75.4. The number of amides is 6. The topological polar surface area (TPSA) is 345 Å². The van der Waals surface area contributed by atoms with E-state index in [2.05, 4.69) is 156 Å². The van der Waals surface area contributed by atoms with Crippen molar-refractivity contribution in [3.05, 3.63) is 240 Å². The molecule has 0 saturated carbocycles. The van der Waals surface area contributed by atoms with Gasteiger partial charge in [0.2, 0.25) is 46.6 Å². The molecule has 8 aromatic rings. The number of terminal acetylenes is 1. The van der Waals surface area contributed by atoms with Crippen molar-refractivity contribution in [3.8, 4) is 18.4 Å². The first-order valence-corrected chi connectivity index (χ1v) is 45.8. The molecule has 8 heterocycles. The number of H-pyrrole nitrogens is 4. The van der Waals surface area contributed by atoms with Crippen LogP contribution < -0.4 is 5.32 Å². The Morgan fingerprint density at radius 3 is 1.20 bits per heavy atom. The van der Waals surface area contributed by atoms with Crippen LogP contribution in [0.2, 0.25) is 0 Å². The van der Waals surface area contributed by atoms with E-state index in [1.807, 2.05) is 65.4 Å². The lowest BCUT2D eigenvalue weighted by molar-refractivity contribution is -0.133. The number of nitriles is 1. The van der Waals surface area contributed by atoms with Crippen LogP contribution in [0, 0.1) is 48.0 Å². The fourth-order valence-corrected chi connectivity index (χ4v) is 19.6. The minimum atomic E-state index is -3.36. The summed E-state index contributed by atoms with van der Waals surface area (Å²) in [7, 11) is 7.24. The molecule has 16 rings (SSSR count). The first-order valence-electron chi connectivity index (χ1n) is 44.4. The third-order valence-corrected chi connectivity index (χ3v) is 27.9. The molecule has 128 heavy (non-hydrogen) atoms. The van der Waals surface area contributed by atoms with Crippen molar-refractivity contribution in [3.63, 3.8) is 0 Å². The predicted molar refractivity (Wildman–Crippen MR) is 493 cm³/mol. The van der Waals surface area contributed by atoms with Gasteiger partial charge in [-0.1, -0.05) is 144 Å². The number of nitrogens with one attached hydrogen (secondary N) is 5. The van der Waals surface area contributed by atoms with E-state index in [9.17, 15) is 46.8 Å². The van der Waals surface area contributed by atoms with Gasteiger partial charge in [0, 0.05) is 156 Å². The van der Waals surface area contributed by atoms with Crippen LogP contribution in [0.15, 0.2) is 122 Å². The fraction of sp³-hybridized carbons (Fsp3) is 0.440. The number of imidazole rings is 4. The number of Topliss-reactive ketones (excluding diaryl/α,β-unsaturated/α-hetero) is 4. The van der Waals surface area contributed by atoms with E-state index < -0.39 is 10.2 Å². The Bertz CT molecular complexity index is 5910. The lowest BCUT2D eigenvalue weighted by Gasteiger charge is -2.37. The summed E-state index contributed by atoms with van der Waals surface area (Å²) in [4.78, 5) is 138. The number of carbonyl (C=O) groups is 8. The van der Waals surface area contributed by atoms with Crippen molar-refractivity contribution < 1.29 is 46.8 Å². The largest absolute Gasteiger partial charge is 0.363 e. The molecule has 0 spiro atoms. The van der Waals surface area contributed by atoms with Gasteiger partial charge in [0.05, 0.1) is 18.6 Å². The Labute approximate surface area is 750 Å². The highest BCUT2D eigenvalue weighted by Gasteiger charge is 2.37. The van der Waals surface area contributed by atoms with Crippen LogP contribution in [-0.4, -0.2) is 205 Å². The average molecular weight is 1750 g/mol. The number of carbonyl (C=O) groups excluding carboxylic acids is 8. The number of piperidine rings is 1. The summed E-state index contributed by atoms with van der Waals surface area (Å²) in [5.41, 5.74) is 20.0. The van der Waals surface area contributed by atoms with E-state index in [-0.39, 0.29) is 143 Å². The van der Waals surface area contributed by atoms with E-state index in [4.69, 9.17) is 18.3 Å². The van der Waals surface area contributed by atoms with Crippen LogP contribution >= 0.6 is 0 Å². The molecule has 4 fully saturated rings. The molecule has 0 unspecified atom stereocenters. The van der Waals surface area contributed by atoms with Gasteiger partial charge in [-0.05, 0) is 197 Å². The Hall–Kier alpha value is -12.6. The van der Waals surface area contributed by atoms with Gasteiger partial charge in [-0.3, -0.25) is 39.1 Å². The van der Waals surface area contributed by atoms with Crippen LogP contribution in [0.3, 0.4) is 0 Å². The quantitative estimate of drug-likeness (QED) is 0.0205. The lowest BCUT2D eigenvalue weighted by atomic mass is 9.75. The Morgan fingerprint density at radius 2 is 0.836 bits per heavy atom. The smallest absolute Gasteiger partial charge is 0.319 e. The third kappa shape index (κ3) is 22.9. The summed E-state index contributed by atoms with van der Waals surface area (Å²) < 4.78 is 27.5. The molecule has 4 aliphatic carbocycles. The number of aromatic amines is 4. The van der Waals surface area contributed by atoms with Crippen LogP contribution in [-0.2, 0) is 45.5 Å². The van der Waals surface area contributed by atoms with Crippen LogP contribution in [0.4, 0.5) is 15.4 Å². The van der Waals surface area contributed by atoms with Gasteiger partial charge in [-0.2, -0.15) is 22.3 Å². The van der Waals surface area contributed by atoms with E-state index in [1.54, 1.807) is 39.9 Å². The Balaban J connectivity index is 0.000000146. The first-order chi connectivity index (χ1) is 61.1. The second-order valence-electron chi connectivity index (χ2n) is 37.1. The fourth-order valence-electron chi connectivity index (χ4n) is 18.4. The summed E-state index contributed by atoms with van der Waals surface area (Å²) in [5, 5.41) is 11.4. The van der Waals surface area contributed by atoms with Crippen molar-refractivity contribution in [1.82, 2.24) is 73.4 Å². The van der Waals surface area contributed by atoms with Crippen LogP contribution in [0.25, 0.3) is 27.1 Å². The maximum absolute atomic E-state index is 12.9. The molecule has 8 aliphatic rings. The molecule has 6 amide bonds. The standard InChI is InChI=1S/C26H31N5O2.C26H27N3O3.C25H29N5O2.C23H30N4O3S/c1-26(2)10-8-17(9-11-26)21-12-18(20-15-30(4)25(33)31(5)16-20)6-7-19(21)13-22(32)24-28-14-23(27-3)29-24;1-4-20-15-27-25(28-20)22(30)12-18-6-5-17(19-13-23(31)29-24(32)14-19)11-21(18)16-7-9-26(2,3)10-8-16;1-29-15-20(16-30(2)25(29)32)18-9-10-19(12-23(31)24-27-14-21(13-26)28-24)22(11-18)17-7-5-3-4-6-8-17;1-16-13-24-23(25-16)22(28)12-19-10-9-18(11-21(19)17-7-5-4-6-8-17)20-14-26(2)31(29,30)27(3)15-20/h6-8,12,14,20H,9-11,13,15-16H2,1-2,4-5H3,(H,28,29);1,5-7,11,15,19H,8-10,12-14H2,2-3H3,(H,27,28)(H,29,31,32);7,9-11,14,20H,3-6,8,12,15-16H2,1-2H3,(H,27,28);7,9-11,13,20H,4-6,8,12,14-15H2,1-3H3,(H,24,25). The van der Waals surface area contributed by atoms with Crippen molar-refractivity contribution in [2.24, 2.45) is 10.8 Å². The van der Waals surface area contributed by atoms with Crippen molar-refractivity contribution >= 4 is 85.3 Å². The Morgan fingerprint density at radius 1 is 0.477 bits per heavy atom. The summed E-state index contributed by atoms with van der Waals surface area (Å²) in [6.07, 6.45) is 38.1. The van der Waals surface area contributed by atoms with E-state index in [0.717, 1.165) is 138 Å². The summed E-state index contributed by atoms with van der Waals surface area (Å²) in [6.45, 7) is 21.7. The molecule has 4 saturated heterocycles. The van der Waals surface area contributed by atoms with Gasteiger partial charge in [0.25, 0.3) is 10.2 Å². The highest BCUT2D eigenvalue weighted by atomic mass is 32.2. The maximum Gasteiger partial charge on any atom is 0.319 e. The number of rotatable bonds is 20. The summed E-state index contributed by atoms with van der Waals surface area (Å²) >= 11 is 0. The molecule has 0 bridgehead atoms. The number of allylic oxidation sites excluding steroid dienone is 8. The van der Waals surface area contributed by atoms with Gasteiger partial charge >= 0.3 is 12.1 Å². The lowest BCUT2D eigenvalue weighted by Crippen LogP contribution is -2.49. The number of imide groups is 1. The first kappa shape index (κ1) is 93.1. The number of ketones is 4. The number of hydrogen-bond donors (Lipinski definition) is 5. The number of aryl methyl sites for hydroxylation is 1. The minimum Gasteiger partial charge on any atom is -0.363 e. The molecular formula is C100H117N17O10S. The van der Waals surface area contributed by atoms with E-state index >= 15 is 0 Å². The normalized spacial score (nSPS) is 18.9. The molecule has 0 atom stereocenters. The highest BCUT2D eigenvalue weighted by molar-refractivity contribution is 7.86. The molecule has 668 valence electrons. The molecule has 4 aliphatic heterocycles. The number of aromatic nitrogens is 8. The molecule has 4 aromatic heterocycles. The SMILES string of the molecule is C#Cc1cnc(C(=O)Cc2ccc(C3CC(=O)NC(=O)C3)cc2C2=CCC(C)(C)CC2)[nH]1.CN1CC(c2ccc(CC(=O)c3ncc(C#N)[nH]3)c(C3=CCCCCC3)c2)CN(C)C1=O.Cc1cnc(C(=O)Cc2ccc(C3CN(C)S(=O)(=O)N(C)C3)cc2C2=CCCCC2)[nH]1.[C-]#[N+]c1cnc(C(=O)Cc2ccc(C3CN(C)C(=O)N(C)C3)cc2C2=CCC(C)(C)CC2)[nH]1. The third-order valence-electron chi connectivity index (χ3n) is 26.0. The molecule has 28 heteroatoms. The second kappa shape index (κ2) is 40.6. The van der Waals surface area contributed by atoms with Crippen molar-refractivity contribution in [1.29, 1.82) is 5.26 Å². The average Bonchev–Trinajstić information content (AvgIpc) is 0.918. The summed E-state index contributed by atoms with van der Waals surface area (Å²) in [5.74, 6) is 3.28. The minimum absolute atomic E-state index is 0.0262. The molecular weight excluding hydrogens is 1630 g/mol. The molecule has 27 nitrogen and oxygen atoms in total. The van der Waals surface area contributed by atoms with Crippen LogP contribution in [0.5, 0.6) is 0 Å². The molecule has 4 aromatic carbocycles. The zero-order valence-corrected chi connectivity index (χ0v) is 76.2. The number of benzene rings is 4. The predicted octanol–water partition coefficient (Wildman–Crippen LogP) is 16.4. The summed E-state index contributed by atoms with van der Waals surface area (Å²) in [6, 6.07) is 27.0. The van der Waals surface area contributed by atoms with Crippen molar-refractivity contribution in [2.75, 3.05) is 81.6 Å². The molecule has 0 radical (unpaired) electrons. The highest BCUT2D eigenvalue weighted by Crippen LogP contribution is 2.44. The number of nitrogens with zero attached hydrogens (tertiary/aromatic N) is 12. The number of likely N-dealkylation sites (N-methyl/N-ethyl adjacent to an activating group) is 6. The maximum atomic E-state index is 12.9. The molecule has 5 N–H and O–H groups in total. The van der Waals surface area contributed by atoms with Crippen LogP contribution in [0.1, 0.15) is 287 Å². The second-order valence-corrected chi connectivity index (χ2v) is 39.2. The van der Waals surface area contributed by atoms with Gasteiger partial charge in [0.15, 0.2) is 17.5 Å². The zero-order chi connectivity index (χ0) is 91.5. The van der Waals surface area contributed by atoms with Gasteiger partial charge in [-0.25, -0.2) is 29.5 Å². The van der Waals surface area contributed by atoms with E-state index in [0.29, 0.717) is 57.2 Å². The number of hydrogen-bond acceptors (Lipinski definition) is 15. The Kier molecular flexibility index (Phi) is 29.5. The monoisotopic (exact) mass is 1750 g/mol. The van der Waals surface area contributed by atoms with Gasteiger partial charge in [0.1, 0.15) is 17.5 Å². The van der Waals surface area contributed by atoms with Crippen molar-refractivity contribution in [2.45, 2.75) is 193 Å². The van der Waals surface area contributed by atoms with E-state index in [1.165, 1.54) is 79.9 Å².